The molecule has 0 amide bonds. The lowest BCUT2D eigenvalue weighted by molar-refractivity contribution is 0.540. The molecule has 1 aromatic heterocycles. The standard InChI is InChI=1S/C14H20N4O/c1-8(2)4-9(3)18-13-6-12-10(5-11(13)15)14(19)17-7-16-12/h5-9,18H,4,15H2,1-3H3,(H,16,17,19). The minimum Gasteiger partial charge on any atom is -0.397 e. The van der Waals surface area contributed by atoms with E-state index >= 15 is 0 Å². The van der Waals surface area contributed by atoms with Crippen LogP contribution in [0.1, 0.15) is 27.2 Å². The first-order valence-electron chi connectivity index (χ1n) is 6.51. The van der Waals surface area contributed by atoms with Crippen molar-refractivity contribution in [2.75, 3.05) is 11.1 Å². The number of fused-ring (bicyclic) bond motifs is 1. The van der Waals surface area contributed by atoms with Gasteiger partial charge in [-0.2, -0.15) is 0 Å². The van der Waals surface area contributed by atoms with E-state index in [9.17, 15) is 4.79 Å². The first-order chi connectivity index (χ1) is 8.97. The molecule has 0 saturated heterocycles. The quantitative estimate of drug-likeness (QED) is 0.737. The fourth-order valence-electron chi connectivity index (χ4n) is 2.29. The summed E-state index contributed by atoms with van der Waals surface area (Å²) < 4.78 is 0. The van der Waals surface area contributed by atoms with Crippen LogP contribution >= 0.6 is 0 Å². The second kappa shape index (κ2) is 5.30. The zero-order chi connectivity index (χ0) is 14.0. The molecule has 1 atom stereocenters. The monoisotopic (exact) mass is 260 g/mol. The number of aromatic amines is 1. The van der Waals surface area contributed by atoms with Gasteiger partial charge < -0.3 is 16.0 Å². The molecule has 102 valence electrons. The third-order valence-electron chi connectivity index (χ3n) is 3.04. The van der Waals surface area contributed by atoms with Gasteiger partial charge in [-0.05, 0) is 31.4 Å². The molecule has 5 heteroatoms. The molecule has 0 aliphatic carbocycles. The van der Waals surface area contributed by atoms with Crippen LogP contribution < -0.4 is 16.6 Å². The number of hydrogen-bond acceptors (Lipinski definition) is 4. The Kier molecular flexibility index (Phi) is 3.74. The smallest absolute Gasteiger partial charge is 0.258 e. The molecule has 0 bridgehead atoms. The summed E-state index contributed by atoms with van der Waals surface area (Å²) >= 11 is 0. The Morgan fingerprint density at radius 1 is 1.37 bits per heavy atom. The molecule has 0 aliphatic rings. The van der Waals surface area contributed by atoms with Crippen molar-refractivity contribution in [1.82, 2.24) is 9.97 Å². The summed E-state index contributed by atoms with van der Waals surface area (Å²) in [4.78, 5) is 18.3. The Bertz CT molecular complexity index is 633. The lowest BCUT2D eigenvalue weighted by Crippen LogP contribution is -2.18. The predicted octanol–water partition coefficient (Wildman–Crippen LogP) is 2.35. The highest BCUT2D eigenvalue weighted by Gasteiger charge is 2.09. The van der Waals surface area contributed by atoms with Crippen molar-refractivity contribution in [2.45, 2.75) is 33.2 Å². The van der Waals surface area contributed by atoms with Gasteiger partial charge in [0, 0.05) is 6.04 Å². The van der Waals surface area contributed by atoms with Gasteiger partial charge in [0.05, 0.1) is 28.6 Å². The zero-order valence-electron chi connectivity index (χ0n) is 11.5. The van der Waals surface area contributed by atoms with E-state index in [1.165, 1.54) is 6.33 Å². The third-order valence-corrected chi connectivity index (χ3v) is 3.04. The number of rotatable bonds is 4. The largest absolute Gasteiger partial charge is 0.397 e. The van der Waals surface area contributed by atoms with Crippen molar-refractivity contribution in [3.8, 4) is 0 Å². The number of nitrogens with two attached hydrogens (primary N) is 1. The van der Waals surface area contributed by atoms with Crippen molar-refractivity contribution >= 4 is 22.3 Å². The molecule has 2 rings (SSSR count). The molecular weight excluding hydrogens is 240 g/mol. The van der Waals surface area contributed by atoms with E-state index in [0.717, 1.165) is 12.1 Å². The maximum absolute atomic E-state index is 11.6. The number of nitrogen functional groups attached to an aromatic ring is 1. The fraction of sp³-hybridized carbons (Fsp3) is 0.429. The van der Waals surface area contributed by atoms with E-state index in [0.29, 0.717) is 28.6 Å². The summed E-state index contributed by atoms with van der Waals surface area (Å²) in [6.45, 7) is 6.49. The number of nitrogens with zero attached hydrogens (tertiary/aromatic N) is 1. The van der Waals surface area contributed by atoms with Crippen LogP contribution in [-0.4, -0.2) is 16.0 Å². The molecule has 19 heavy (non-hydrogen) atoms. The van der Waals surface area contributed by atoms with Crippen molar-refractivity contribution < 1.29 is 0 Å². The Hall–Kier alpha value is -2.04. The van der Waals surface area contributed by atoms with Gasteiger partial charge in [0.25, 0.3) is 5.56 Å². The second-order valence-electron chi connectivity index (χ2n) is 5.36. The van der Waals surface area contributed by atoms with E-state index in [1.54, 1.807) is 6.07 Å². The van der Waals surface area contributed by atoms with Gasteiger partial charge >= 0.3 is 0 Å². The Labute approximate surface area is 112 Å². The normalized spacial score (nSPS) is 12.8. The maximum atomic E-state index is 11.6. The van der Waals surface area contributed by atoms with Crippen molar-refractivity contribution in [1.29, 1.82) is 0 Å². The van der Waals surface area contributed by atoms with Gasteiger partial charge in [-0.25, -0.2) is 4.98 Å². The molecule has 0 fully saturated rings. The molecule has 5 nitrogen and oxygen atoms in total. The average molecular weight is 260 g/mol. The van der Waals surface area contributed by atoms with Gasteiger partial charge in [0.2, 0.25) is 0 Å². The van der Waals surface area contributed by atoms with E-state index < -0.39 is 0 Å². The highest BCUT2D eigenvalue weighted by Crippen LogP contribution is 2.24. The molecule has 1 unspecified atom stereocenters. The van der Waals surface area contributed by atoms with Crippen LogP contribution in [0.2, 0.25) is 0 Å². The molecule has 4 N–H and O–H groups in total. The fourth-order valence-corrected chi connectivity index (χ4v) is 2.29. The van der Waals surface area contributed by atoms with Gasteiger partial charge in [0.1, 0.15) is 0 Å². The molecular formula is C14H20N4O. The first-order valence-corrected chi connectivity index (χ1v) is 6.51. The summed E-state index contributed by atoms with van der Waals surface area (Å²) in [5.74, 6) is 0.616. The van der Waals surface area contributed by atoms with E-state index in [1.807, 2.05) is 6.07 Å². The highest BCUT2D eigenvalue weighted by molar-refractivity contribution is 5.88. The number of H-pyrrole nitrogens is 1. The highest BCUT2D eigenvalue weighted by atomic mass is 16.1. The lowest BCUT2D eigenvalue weighted by Gasteiger charge is -2.18. The van der Waals surface area contributed by atoms with Crippen LogP contribution in [0.4, 0.5) is 11.4 Å². The van der Waals surface area contributed by atoms with Crippen LogP contribution in [0.5, 0.6) is 0 Å². The summed E-state index contributed by atoms with van der Waals surface area (Å²) in [5.41, 5.74) is 7.88. The van der Waals surface area contributed by atoms with E-state index in [-0.39, 0.29) is 5.56 Å². The van der Waals surface area contributed by atoms with Crippen LogP contribution in [0.3, 0.4) is 0 Å². The minimum absolute atomic E-state index is 0.168. The molecule has 0 saturated carbocycles. The first kappa shape index (κ1) is 13.4. The SMILES string of the molecule is CC(C)CC(C)Nc1cc2nc[nH]c(=O)c2cc1N. The molecule has 1 heterocycles. The zero-order valence-corrected chi connectivity index (χ0v) is 11.5. The minimum atomic E-state index is -0.168. The molecule has 0 spiro atoms. The van der Waals surface area contributed by atoms with Crippen LogP contribution in [-0.2, 0) is 0 Å². The number of hydrogen-bond donors (Lipinski definition) is 3. The average Bonchev–Trinajstić information content (AvgIpc) is 2.30. The number of aromatic nitrogens is 2. The van der Waals surface area contributed by atoms with E-state index in [4.69, 9.17) is 5.73 Å². The molecule has 1 aromatic carbocycles. The lowest BCUT2D eigenvalue weighted by atomic mass is 10.0. The van der Waals surface area contributed by atoms with Gasteiger partial charge in [0.15, 0.2) is 0 Å². The van der Waals surface area contributed by atoms with Crippen molar-refractivity contribution in [3.05, 3.63) is 28.8 Å². The number of benzene rings is 1. The summed E-state index contributed by atoms with van der Waals surface area (Å²) in [5, 5.41) is 3.89. The Morgan fingerprint density at radius 2 is 2.11 bits per heavy atom. The Balaban J connectivity index is 2.34. The Morgan fingerprint density at radius 3 is 2.79 bits per heavy atom. The topological polar surface area (TPSA) is 83.8 Å². The number of nitrogens with one attached hydrogen (secondary N) is 2. The molecule has 2 aromatic rings. The second-order valence-corrected chi connectivity index (χ2v) is 5.36. The van der Waals surface area contributed by atoms with Gasteiger partial charge in [-0.3, -0.25) is 4.79 Å². The summed E-state index contributed by atoms with van der Waals surface area (Å²) in [7, 11) is 0. The maximum Gasteiger partial charge on any atom is 0.258 e. The van der Waals surface area contributed by atoms with Crippen molar-refractivity contribution in [3.63, 3.8) is 0 Å². The van der Waals surface area contributed by atoms with Crippen LogP contribution in [0.15, 0.2) is 23.3 Å². The third kappa shape index (κ3) is 3.05. The van der Waals surface area contributed by atoms with Crippen LogP contribution in [0.25, 0.3) is 10.9 Å². The van der Waals surface area contributed by atoms with Crippen LogP contribution in [0, 0.1) is 5.92 Å². The summed E-state index contributed by atoms with van der Waals surface area (Å²) in [6.07, 6.45) is 2.46. The van der Waals surface area contributed by atoms with E-state index in [2.05, 4.69) is 36.1 Å². The molecule has 0 aliphatic heterocycles. The van der Waals surface area contributed by atoms with Crippen molar-refractivity contribution in [2.24, 2.45) is 5.92 Å². The van der Waals surface area contributed by atoms with Gasteiger partial charge in [-0.15, -0.1) is 0 Å². The van der Waals surface area contributed by atoms with Gasteiger partial charge in [-0.1, -0.05) is 13.8 Å². The number of anilines is 2. The summed E-state index contributed by atoms with van der Waals surface area (Å²) in [6, 6.07) is 3.82. The molecule has 0 radical (unpaired) electrons. The predicted molar refractivity (Wildman–Crippen MR) is 79.3 cm³/mol.